The number of carbonyl (C=O) groups excluding carboxylic acids is 1. The number of nitrogens with two attached hydrogens (primary N) is 1. The summed E-state index contributed by atoms with van der Waals surface area (Å²) in [5, 5.41) is 6.24. The summed E-state index contributed by atoms with van der Waals surface area (Å²) in [7, 11) is 0. The van der Waals surface area contributed by atoms with Crippen LogP contribution in [0.1, 0.15) is 27.3 Å². The van der Waals surface area contributed by atoms with Crippen LogP contribution in [0.2, 0.25) is 0 Å². The van der Waals surface area contributed by atoms with Crippen molar-refractivity contribution >= 4 is 65.5 Å². The maximum absolute atomic E-state index is 12.8. The first kappa shape index (κ1) is 17.8. The van der Waals surface area contributed by atoms with Gasteiger partial charge in [0.2, 0.25) is 0 Å². The summed E-state index contributed by atoms with van der Waals surface area (Å²) in [6.45, 7) is 0. The number of anilines is 2. The number of hydrogen-bond acceptors (Lipinski definition) is 6. The topological polar surface area (TPSA) is 80.9 Å². The molecule has 3 aromatic heterocycles. The number of thiazole rings is 1. The number of nitrogens with zero attached hydrogens (tertiary/aromatic N) is 2. The van der Waals surface area contributed by atoms with Crippen LogP contribution in [-0.4, -0.2) is 15.9 Å². The zero-order valence-corrected chi connectivity index (χ0v) is 17.9. The van der Waals surface area contributed by atoms with Crippen LogP contribution in [0.15, 0.2) is 40.2 Å². The third kappa shape index (κ3) is 3.11. The van der Waals surface area contributed by atoms with Gasteiger partial charge in [0.1, 0.15) is 9.71 Å². The molecular weight excluding hydrogens is 456 g/mol. The molecule has 140 valence electrons. The summed E-state index contributed by atoms with van der Waals surface area (Å²) in [5.41, 5.74) is 11.0. The van der Waals surface area contributed by atoms with Crippen molar-refractivity contribution in [1.29, 1.82) is 0 Å². The zero-order valence-electron chi connectivity index (χ0n) is 14.7. The number of aromatic nitrogens is 2. The summed E-state index contributed by atoms with van der Waals surface area (Å²) in [6.07, 6.45) is 3.17. The molecule has 0 unspecified atom stereocenters. The molecule has 1 aliphatic carbocycles. The highest BCUT2D eigenvalue weighted by Crippen LogP contribution is 2.36. The summed E-state index contributed by atoms with van der Waals surface area (Å²) >= 11 is 6.17. The van der Waals surface area contributed by atoms with Gasteiger partial charge in [-0.2, -0.15) is 0 Å². The van der Waals surface area contributed by atoms with Crippen LogP contribution in [0.4, 0.5) is 10.8 Å². The van der Waals surface area contributed by atoms with Gasteiger partial charge in [-0.25, -0.2) is 9.97 Å². The lowest BCUT2D eigenvalue weighted by molar-refractivity contribution is 0.103. The maximum atomic E-state index is 12.8. The highest BCUT2D eigenvalue weighted by Gasteiger charge is 2.21. The molecule has 0 saturated carbocycles. The van der Waals surface area contributed by atoms with E-state index >= 15 is 0 Å². The lowest BCUT2D eigenvalue weighted by Gasteiger charge is -2.01. The number of rotatable bonds is 3. The van der Waals surface area contributed by atoms with Crippen molar-refractivity contribution in [2.45, 2.75) is 19.3 Å². The van der Waals surface area contributed by atoms with Gasteiger partial charge in [-0.15, -0.1) is 22.7 Å². The molecule has 1 aromatic carbocycles. The highest BCUT2D eigenvalue weighted by atomic mass is 79.9. The van der Waals surface area contributed by atoms with Gasteiger partial charge in [0.15, 0.2) is 5.13 Å². The lowest BCUT2D eigenvalue weighted by Crippen LogP contribution is -2.11. The molecule has 0 radical (unpaired) electrons. The van der Waals surface area contributed by atoms with Gasteiger partial charge in [-0.3, -0.25) is 10.1 Å². The van der Waals surface area contributed by atoms with Crippen molar-refractivity contribution < 1.29 is 4.79 Å². The minimum Gasteiger partial charge on any atom is -0.397 e. The molecule has 28 heavy (non-hydrogen) atoms. The largest absolute Gasteiger partial charge is 0.397 e. The Morgan fingerprint density at radius 2 is 2.00 bits per heavy atom. The Bertz CT molecular complexity index is 1210. The Hall–Kier alpha value is -2.29. The van der Waals surface area contributed by atoms with Crippen molar-refractivity contribution in [3.63, 3.8) is 0 Å². The Morgan fingerprint density at radius 1 is 1.18 bits per heavy atom. The van der Waals surface area contributed by atoms with Crippen LogP contribution in [0, 0.1) is 0 Å². The second-order valence-corrected chi connectivity index (χ2v) is 9.42. The van der Waals surface area contributed by atoms with Gasteiger partial charge in [-0.05, 0) is 43.0 Å². The van der Waals surface area contributed by atoms with E-state index in [0.717, 1.165) is 50.9 Å². The summed E-state index contributed by atoms with van der Waals surface area (Å²) < 4.78 is 1.01. The number of aryl methyl sites for hydroxylation is 2. The third-order valence-electron chi connectivity index (χ3n) is 4.82. The molecule has 8 heteroatoms. The van der Waals surface area contributed by atoms with Crippen LogP contribution in [0.25, 0.3) is 21.5 Å². The molecule has 0 spiro atoms. The first-order chi connectivity index (χ1) is 13.6. The van der Waals surface area contributed by atoms with Crippen LogP contribution >= 0.6 is 38.6 Å². The number of benzene rings is 1. The van der Waals surface area contributed by atoms with Gasteiger partial charge in [0, 0.05) is 26.5 Å². The van der Waals surface area contributed by atoms with Gasteiger partial charge < -0.3 is 5.73 Å². The molecule has 0 saturated heterocycles. The SMILES string of the molecule is Nc1c(C(=O)Nc2nc(-c3ccc(Br)cc3)cs2)sc2nc3c(cc12)CCC3. The van der Waals surface area contributed by atoms with E-state index in [1.54, 1.807) is 0 Å². The van der Waals surface area contributed by atoms with E-state index in [-0.39, 0.29) is 5.91 Å². The first-order valence-corrected chi connectivity index (χ1v) is 11.3. The number of halogens is 1. The lowest BCUT2D eigenvalue weighted by atomic mass is 10.1. The van der Waals surface area contributed by atoms with Gasteiger partial charge in [-0.1, -0.05) is 28.1 Å². The summed E-state index contributed by atoms with van der Waals surface area (Å²) in [6, 6.07) is 10.0. The number of carbonyl (C=O) groups is 1. The zero-order chi connectivity index (χ0) is 19.3. The molecule has 0 aliphatic heterocycles. The summed E-state index contributed by atoms with van der Waals surface area (Å²) in [4.78, 5) is 23.4. The molecule has 5 rings (SSSR count). The Labute approximate surface area is 177 Å². The van der Waals surface area contributed by atoms with E-state index in [9.17, 15) is 4.79 Å². The Morgan fingerprint density at radius 3 is 2.82 bits per heavy atom. The molecule has 0 bridgehead atoms. The number of nitrogen functional groups attached to an aromatic ring is 1. The van der Waals surface area contributed by atoms with Crippen molar-refractivity contribution in [1.82, 2.24) is 9.97 Å². The average Bonchev–Trinajstić information content (AvgIpc) is 3.40. The number of fused-ring (bicyclic) bond motifs is 2. The van der Waals surface area contributed by atoms with Crippen molar-refractivity contribution in [2.75, 3.05) is 11.1 Å². The molecule has 1 aliphatic rings. The molecule has 4 aromatic rings. The molecule has 0 fully saturated rings. The second-order valence-electron chi connectivity index (χ2n) is 6.64. The predicted octanol–water partition coefficient (Wildman–Crippen LogP) is 5.51. The van der Waals surface area contributed by atoms with E-state index in [1.807, 2.05) is 29.6 Å². The minimum absolute atomic E-state index is 0.239. The van der Waals surface area contributed by atoms with E-state index < -0.39 is 0 Å². The number of nitrogens with one attached hydrogen (secondary N) is 1. The standard InChI is InChI=1S/C20H15BrN4OS2/c21-12-6-4-10(5-7-12)15-9-27-20(24-15)25-18(26)17-16(22)13-8-11-2-1-3-14(11)23-19(13)28-17/h4-9H,1-3,22H2,(H,24,25,26). The Balaban J connectivity index is 1.41. The average molecular weight is 471 g/mol. The van der Waals surface area contributed by atoms with Crippen LogP contribution in [0.5, 0.6) is 0 Å². The van der Waals surface area contributed by atoms with E-state index in [0.29, 0.717) is 15.7 Å². The van der Waals surface area contributed by atoms with Gasteiger partial charge >= 0.3 is 0 Å². The van der Waals surface area contributed by atoms with Crippen LogP contribution in [0.3, 0.4) is 0 Å². The predicted molar refractivity (Wildman–Crippen MR) is 119 cm³/mol. The molecule has 1 amide bonds. The number of hydrogen-bond donors (Lipinski definition) is 2. The quantitative estimate of drug-likeness (QED) is 0.413. The minimum atomic E-state index is -0.239. The molecule has 0 atom stereocenters. The molecule has 3 N–H and O–H groups in total. The van der Waals surface area contributed by atoms with Crippen LogP contribution < -0.4 is 11.1 Å². The van der Waals surface area contributed by atoms with Crippen LogP contribution in [-0.2, 0) is 12.8 Å². The third-order valence-corrected chi connectivity index (χ3v) is 7.22. The monoisotopic (exact) mass is 470 g/mol. The number of amides is 1. The summed E-state index contributed by atoms with van der Waals surface area (Å²) in [5.74, 6) is -0.239. The van der Waals surface area contributed by atoms with E-state index in [1.165, 1.54) is 28.2 Å². The number of pyridine rings is 1. The van der Waals surface area contributed by atoms with Crippen molar-refractivity contribution in [3.05, 3.63) is 56.3 Å². The molecule has 3 heterocycles. The maximum Gasteiger partial charge on any atom is 0.269 e. The second kappa shape index (κ2) is 6.95. The van der Waals surface area contributed by atoms with Crippen molar-refractivity contribution in [3.8, 4) is 11.3 Å². The fourth-order valence-electron chi connectivity index (χ4n) is 3.40. The van der Waals surface area contributed by atoms with E-state index in [2.05, 4.69) is 32.3 Å². The van der Waals surface area contributed by atoms with E-state index in [4.69, 9.17) is 10.7 Å². The number of thiophene rings is 1. The fourth-order valence-corrected chi connectivity index (χ4v) is 5.38. The molecule has 5 nitrogen and oxygen atoms in total. The van der Waals surface area contributed by atoms with Crippen molar-refractivity contribution in [2.24, 2.45) is 0 Å². The fraction of sp³-hybridized carbons (Fsp3) is 0.150. The first-order valence-electron chi connectivity index (χ1n) is 8.82. The molecular formula is C20H15BrN4OS2. The van der Waals surface area contributed by atoms with Gasteiger partial charge in [0.25, 0.3) is 5.91 Å². The Kier molecular flexibility index (Phi) is 4.41. The smallest absolute Gasteiger partial charge is 0.269 e. The van der Waals surface area contributed by atoms with Gasteiger partial charge in [0.05, 0.1) is 11.4 Å². The normalized spacial score (nSPS) is 13.0. The highest BCUT2D eigenvalue weighted by molar-refractivity contribution is 9.10.